The molecule has 2 nitrogen and oxygen atoms in total. The van der Waals surface area contributed by atoms with Crippen molar-refractivity contribution >= 4 is 0 Å². The Morgan fingerprint density at radius 1 is 1.24 bits per heavy atom. The van der Waals surface area contributed by atoms with Crippen molar-refractivity contribution in [1.29, 1.82) is 0 Å². The zero-order chi connectivity index (χ0) is 12.0. The Bertz CT molecular complexity index is 417. The van der Waals surface area contributed by atoms with E-state index in [1.807, 2.05) is 0 Å². The second-order valence-electron chi connectivity index (χ2n) is 4.93. The summed E-state index contributed by atoms with van der Waals surface area (Å²) in [4.78, 5) is 0. The van der Waals surface area contributed by atoms with Crippen LogP contribution in [0.25, 0.3) is 0 Å². The van der Waals surface area contributed by atoms with Gasteiger partial charge < -0.3 is 10.5 Å². The molecule has 1 aromatic rings. The lowest BCUT2D eigenvalue weighted by Crippen LogP contribution is -2.30. The summed E-state index contributed by atoms with van der Waals surface area (Å²) in [6.07, 6.45) is 3.15. The molecule has 2 aliphatic heterocycles. The molecule has 2 aliphatic rings. The minimum atomic E-state index is -0.605. The third-order valence-electron chi connectivity index (χ3n) is 3.95. The Morgan fingerprint density at radius 2 is 1.94 bits per heavy atom. The molecule has 92 valence electrons. The summed E-state index contributed by atoms with van der Waals surface area (Å²) in [5.41, 5.74) is 6.04. The van der Waals surface area contributed by atoms with Crippen LogP contribution in [0.2, 0.25) is 0 Å². The molecule has 2 saturated heterocycles. The predicted molar refractivity (Wildman–Crippen MR) is 59.3 cm³/mol. The summed E-state index contributed by atoms with van der Waals surface area (Å²) < 4.78 is 33.0. The van der Waals surface area contributed by atoms with Crippen molar-refractivity contribution in [2.24, 2.45) is 11.7 Å². The van der Waals surface area contributed by atoms with Gasteiger partial charge in [0.05, 0.1) is 12.2 Å². The molecule has 4 atom stereocenters. The van der Waals surface area contributed by atoms with Crippen molar-refractivity contribution in [3.8, 4) is 0 Å². The molecule has 0 aliphatic carbocycles. The van der Waals surface area contributed by atoms with Crippen LogP contribution in [0.1, 0.15) is 30.9 Å². The molecule has 0 aromatic heterocycles. The number of ether oxygens (including phenoxy) is 1. The molecule has 4 heteroatoms. The number of benzene rings is 1. The number of hydrogen-bond acceptors (Lipinski definition) is 2. The van der Waals surface area contributed by atoms with E-state index in [0.717, 1.165) is 19.3 Å². The lowest BCUT2D eigenvalue weighted by Gasteiger charge is -2.26. The van der Waals surface area contributed by atoms with E-state index in [0.29, 0.717) is 0 Å². The number of halogens is 2. The highest BCUT2D eigenvalue weighted by Gasteiger charge is 2.44. The molecule has 0 spiro atoms. The molecule has 2 fully saturated rings. The maximum atomic E-state index is 13.6. The molecule has 0 saturated carbocycles. The van der Waals surface area contributed by atoms with Crippen LogP contribution in [0.5, 0.6) is 0 Å². The molecular formula is C13H15F2NO. The third kappa shape index (κ3) is 1.76. The van der Waals surface area contributed by atoms with Gasteiger partial charge in [0.1, 0.15) is 11.6 Å². The van der Waals surface area contributed by atoms with Crippen LogP contribution in [0.3, 0.4) is 0 Å². The van der Waals surface area contributed by atoms with Gasteiger partial charge in [-0.3, -0.25) is 0 Å². The average molecular weight is 239 g/mol. The first-order valence-electron chi connectivity index (χ1n) is 6.02. The van der Waals surface area contributed by atoms with E-state index >= 15 is 0 Å². The fraction of sp³-hybridized carbons (Fsp3) is 0.538. The van der Waals surface area contributed by atoms with Gasteiger partial charge in [0, 0.05) is 17.5 Å². The van der Waals surface area contributed by atoms with Gasteiger partial charge in [0.2, 0.25) is 0 Å². The SMILES string of the molecule is NC(c1c(F)cccc1F)C1CC2CCC1O2. The van der Waals surface area contributed by atoms with Gasteiger partial charge >= 0.3 is 0 Å². The molecule has 0 amide bonds. The first-order chi connectivity index (χ1) is 8.16. The molecule has 2 heterocycles. The van der Waals surface area contributed by atoms with E-state index in [1.165, 1.54) is 18.2 Å². The summed E-state index contributed by atoms with van der Waals surface area (Å²) in [6.45, 7) is 0. The summed E-state index contributed by atoms with van der Waals surface area (Å²) >= 11 is 0. The van der Waals surface area contributed by atoms with Crippen molar-refractivity contribution in [3.63, 3.8) is 0 Å². The molecule has 2 N–H and O–H groups in total. The van der Waals surface area contributed by atoms with E-state index in [9.17, 15) is 8.78 Å². The Kier molecular flexibility index (Phi) is 2.64. The number of rotatable bonds is 2. The molecule has 4 unspecified atom stereocenters. The van der Waals surface area contributed by atoms with Gasteiger partial charge in [0.15, 0.2) is 0 Å². The van der Waals surface area contributed by atoms with Crippen LogP contribution in [0.15, 0.2) is 18.2 Å². The van der Waals surface area contributed by atoms with Crippen molar-refractivity contribution in [2.75, 3.05) is 0 Å². The van der Waals surface area contributed by atoms with Crippen LogP contribution in [0, 0.1) is 17.6 Å². The van der Waals surface area contributed by atoms with E-state index in [1.54, 1.807) is 0 Å². The zero-order valence-corrected chi connectivity index (χ0v) is 9.40. The third-order valence-corrected chi connectivity index (χ3v) is 3.95. The van der Waals surface area contributed by atoms with Gasteiger partial charge in [-0.05, 0) is 31.4 Å². The second-order valence-corrected chi connectivity index (χ2v) is 4.93. The Hall–Kier alpha value is -1.00. The highest BCUT2D eigenvalue weighted by Crippen LogP contribution is 2.44. The van der Waals surface area contributed by atoms with Crippen molar-refractivity contribution in [1.82, 2.24) is 0 Å². The highest BCUT2D eigenvalue weighted by atomic mass is 19.1. The fourth-order valence-electron chi connectivity index (χ4n) is 3.10. The maximum absolute atomic E-state index is 13.6. The van der Waals surface area contributed by atoms with E-state index in [-0.39, 0.29) is 23.7 Å². The number of fused-ring (bicyclic) bond motifs is 2. The van der Waals surface area contributed by atoms with Gasteiger partial charge in [-0.25, -0.2) is 8.78 Å². The summed E-state index contributed by atoms with van der Waals surface area (Å²) in [5.74, 6) is -1.07. The Morgan fingerprint density at radius 3 is 2.47 bits per heavy atom. The van der Waals surface area contributed by atoms with Gasteiger partial charge in [-0.1, -0.05) is 6.07 Å². The summed E-state index contributed by atoms with van der Waals surface area (Å²) in [6, 6.07) is 3.27. The summed E-state index contributed by atoms with van der Waals surface area (Å²) in [5, 5.41) is 0. The lowest BCUT2D eigenvalue weighted by atomic mass is 9.81. The first-order valence-corrected chi connectivity index (χ1v) is 6.02. The van der Waals surface area contributed by atoms with E-state index in [4.69, 9.17) is 10.5 Å². The van der Waals surface area contributed by atoms with Crippen LogP contribution in [-0.4, -0.2) is 12.2 Å². The monoisotopic (exact) mass is 239 g/mol. The van der Waals surface area contributed by atoms with Crippen LogP contribution in [0.4, 0.5) is 8.78 Å². The smallest absolute Gasteiger partial charge is 0.130 e. The summed E-state index contributed by atoms with van der Waals surface area (Å²) in [7, 11) is 0. The Balaban J connectivity index is 1.89. The second kappa shape index (κ2) is 4.03. The molecule has 2 bridgehead atoms. The largest absolute Gasteiger partial charge is 0.375 e. The first kappa shape index (κ1) is 11.1. The predicted octanol–water partition coefficient (Wildman–Crippen LogP) is 2.53. The van der Waals surface area contributed by atoms with E-state index in [2.05, 4.69) is 0 Å². The molecule has 0 radical (unpaired) electrons. The Labute approximate surface area is 98.8 Å². The average Bonchev–Trinajstić information content (AvgIpc) is 2.90. The van der Waals surface area contributed by atoms with Crippen LogP contribution < -0.4 is 5.73 Å². The minimum Gasteiger partial charge on any atom is -0.375 e. The fourth-order valence-corrected chi connectivity index (χ4v) is 3.10. The van der Waals surface area contributed by atoms with Crippen LogP contribution >= 0.6 is 0 Å². The zero-order valence-electron chi connectivity index (χ0n) is 9.40. The van der Waals surface area contributed by atoms with Gasteiger partial charge in [-0.15, -0.1) is 0 Å². The highest BCUT2D eigenvalue weighted by molar-refractivity contribution is 5.24. The number of nitrogens with two attached hydrogens (primary N) is 1. The molecule has 17 heavy (non-hydrogen) atoms. The minimum absolute atomic E-state index is 0.00801. The molecule has 1 aromatic carbocycles. The number of hydrogen-bond donors (Lipinski definition) is 1. The topological polar surface area (TPSA) is 35.2 Å². The van der Waals surface area contributed by atoms with Gasteiger partial charge in [-0.2, -0.15) is 0 Å². The van der Waals surface area contributed by atoms with E-state index < -0.39 is 17.7 Å². The van der Waals surface area contributed by atoms with Crippen molar-refractivity contribution in [3.05, 3.63) is 35.4 Å². The molecular weight excluding hydrogens is 224 g/mol. The van der Waals surface area contributed by atoms with Crippen molar-refractivity contribution < 1.29 is 13.5 Å². The van der Waals surface area contributed by atoms with Crippen molar-refractivity contribution in [2.45, 2.75) is 37.5 Å². The van der Waals surface area contributed by atoms with Crippen LogP contribution in [-0.2, 0) is 4.74 Å². The molecule has 3 rings (SSSR count). The standard InChI is InChI=1S/C13H15F2NO/c14-9-2-1-3-10(15)12(9)13(16)8-6-7-4-5-11(8)17-7/h1-3,7-8,11,13H,4-6,16H2. The lowest BCUT2D eigenvalue weighted by molar-refractivity contribution is 0.0880. The van der Waals surface area contributed by atoms with Gasteiger partial charge in [0.25, 0.3) is 0 Å². The quantitative estimate of drug-likeness (QED) is 0.860. The normalized spacial score (nSPS) is 33.0. The maximum Gasteiger partial charge on any atom is 0.130 e.